The number of nitrogens with zero attached hydrogens (tertiary/aromatic N) is 5. The van der Waals surface area contributed by atoms with E-state index in [1.54, 1.807) is 6.08 Å². The lowest BCUT2D eigenvalue weighted by molar-refractivity contribution is -0.116. The van der Waals surface area contributed by atoms with Gasteiger partial charge < -0.3 is 15.2 Å². The highest BCUT2D eigenvalue weighted by molar-refractivity contribution is 5.95. The molecule has 9 heteroatoms. The number of aromatic amines is 1. The van der Waals surface area contributed by atoms with Crippen molar-refractivity contribution in [3.05, 3.63) is 119 Å². The zero-order chi connectivity index (χ0) is 32.9. The molecule has 0 saturated carbocycles. The number of carbonyl (C=O) groups excluding carboxylic acids is 1. The Morgan fingerprint density at radius 1 is 0.979 bits per heavy atom. The van der Waals surface area contributed by atoms with Gasteiger partial charge in [-0.3, -0.25) is 14.3 Å². The number of benzene rings is 3. The lowest BCUT2D eigenvalue weighted by Crippen LogP contribution is -2.37. The number of likely N-dealkylation sites (tertiary alicyclic amines) is 1. The molecule has 3 heterocycles. The smallest absolute Gasteiger partial charge is 0.325 e. The molecule has 1 aliphatic rings. The van der Waals surface area contributed by atoms with Crippen molar-refractivity contribution in [1.82, 2.24) is 29.3 Å². The molecule has 0 spiro atoms. The van der Waals surface area contributed by atoms with E-state index in [4.69, 9.17) is 9.97 Å². The molecule has 1 saturated heterocycles. The molecule has 2 aromatic heterocycles. The van der Waals surface area contributed by atoms with Gasteiger partial charge in [0, 0.05) is 48.2 Å². The highest BCUT2D eigenvalue weighted by Crippen LogP contribution is 2.32. The van der Waals surface area contributed by atoms with Crippen LogP contribution in [0.4, 0.5) is 5.69 Å². The van der Waals surface area contributed by atoms with E-state index in [-0.39, 0.29) is 17.6 Å². The molecule has 240 valence electrons. The van der Waals surface area contributed by atoms with Gasteiger partial charge in [-0.1, -0.05) is 73.3 Å². The number of carbonyl (C=O) groups is 1. The number of fused-ring (bicyclic) bond motifs is 1. The summed E-state index contributed by atoms with van der Waals surface area (Å²) in [5.41, 5.74) is 8.76. The van der Waals surface area contributed by atoms with Crippen LogP contribution in [0.1, 0.15) is 35.8 Å². The van der Waals surface area contributed by atoms with Crippen LogP contribution in [0, 0.1) is 6.92 Å². The van der Waals surface area contributed by atoms with E-state index >= 15 is 0 Å². The maximum Gasteiger partial charge on any atom is 0.326 e. The van der Waals surface area contributed by atoms with Gasteiger partial charge in [-0.25, -0.2) is 14.8 Å². The van der Waals surface area contributed by atoms with Gasteiger partial charge in [-0.05, 0) is 63.7 Å². The molecule has 0 bridgehead atoms. The highest BCUT2D eigenvalue weighted by atomic mass is 16.2. The van der Waals surface area contributed by atoms with Gasteiger partial charge in [-0.15, -0.1) is 0 Å². The summed E-state index contributed by atoms with van der Waals surface area (Å²) in [5.74, 6) is -0.0796. The number of aromatic nitrogens is 4. The zero-order valence-corrected chi connectivity index (χ0v) is 27.2. The molecular formula is C38H41N7O2. The van der Waals surface area contributed by atoms with Crippen molar-refractivity contribution in [1.29, 1.82) is 0 Å². The normalized spacial score (nSPS) is 14.3. The van der Waals surface area contributed by atoms with E-state index in [1.807, 2.05) is 91.2 Å². The molecule has 6 rings (SSSR count). The number of piperidine rings is 1. The summed E-state index contributed by atoms with van der Waals surface area (Å²) in [6.07, 6.45) is 7.31. The van der Waals surface area contributed by atoms with E-state index in [0.29, 0.717) is 12.2 Å². The second-order valence-electron chi connectivity index (χ2n) is 12.4. The summed E-state index contributed by atoms with van der Waals surface area (Å²) in [6, 6.07) is 24.5. The monoisotopic (exact) mass is 627 g/mol. The number of likely N-dealkylation sites (N-methyl/N-ethyl adjacent to an activating group) is 1. The third-order valence-corrected chi connectivity index (χ3v) is 8.62. The predicted molar refractivity (Wildman–Crippen MR) is 190 cm³/mol. The van der Waals surface area contributed by atoms with Crippen molar-refractivity contribution < 1.29 is 4.79 Å². The molecule has 1 fully saturated rings. The highest BCUT2D eigenvalue weighted by Gasteiger charge is 2.24. The van der Waals surface area contributed by atoms with Crippen LogP contribution in [0.2, 0.25) is 0 Å². The fourth-order valence-electron chi connectivity index (χ4n) is 6.29. The van der Waals surface area contributed by atoms with Gasteiger partial charge in [0.25, 0.3) is 0 Å². The Bertz CT molecular complexity index is 1970. The van der Waals surface area contributed by atoms with E-state index in [1.165, 1.54) is 5.56 Å². The number of allylic oxidation sites excluding steroid dienone is 2. The molecule has 3 aromatic carbocycles. The maximum absolute atomic E-state index is 12.7. The Hall–Kier alpha value is -5.12. The fraction of sp³-hybridized carbons (Fsp3) is 0.263. The Morgan fingerprint density at radius 2 is 1.66 bits per heavy atom. The summed E-state index contributed by atoms with van der Waals surface area (Å²) >= 11 is 0. The fourth-order valence-corrected chi connectivity index (χ4v) is 6.29. The van der Waals surface area contributed by atoms with E-state index in [2.05, 4.69) is 46.0 Å². The molecule has 1 aliphatic heterocycles. The Balaban J connectivity index is 1.19. The van der Waals surface area contributed by atoms with Gasteiger partial charge in [0.2, 0.25) is 5.91 Å². The molecule has 0 atom stereocenters. The zero-order valence-electron chi connectivity index (χ0n) is 27.2. The number of imidazole rings is 1. The average Bonchev–Trinajstić information content (AvgIpc) is 3.35. The molecule has 47 heavy (non-hydrogen) atoms. The Morgan fingerprint density at radius 3 is 2.34 bits per heavy atom. The van der Waals surface area contributed by atoms with Crippen molar-refractivity contribution in [3.63, 3.8) is 0 Å². The van der Waals surface area contributed by atoms with E-state index in [9.17, 15) is 9.59 Å². The number of rotatable bonds is 10. The van der Waals surface area contributed by atoms with Gasteiger partial charge >= 0.3 is 5.69 Å². The molecule has 1 amide bonds. The number of amides is 1. The Kier molecular flexibility index (Phi) is 9.56. The van der Waals surface area contributed by atoms with Crippen LogP contribution < -0.4 is 11.0 Å². The van der Waals surface area contributed by atoms with E-state index < -0.39 is 0 Å². The lowest BCUT2D eigenvalue weighted by atomic mass is 10.0. The molecule has 2 N–H and O–H groups in total. The largest absolute Gasteiger partial charge is 0.326 e. The average molecular weight is 628 g/mol. The quantitative estimate of drug-likeness (QED) is 0.177. The Labute approximate surface area is 275 Å². The maximum atomic E-state index is 12.7. The molecule has 0 radical (unpaired) electrons. The lowest BCUT2D eigenvalue weighted by Gasteiger charge is -2.32. The van der Waals surface area contributed by atoms with Crippen LogP contribution in [0.25, 0.3) is 39.6 Å². The third kappa shape index (κ3) is 7.32. The van der Waals surface area contributed by atoms with Crippen LogP contribution in [-0.2, 0) is 11.3 Å². The van der Waals surface area contributed by atoms with Crippen molar-refractivity contribution in [3.8, 4) is 22.5 Å². The van der Waals surface area contributed by atoms with Crippen LogP contribution in [0.5, 0.6) is 0 Å². The summed E-state index contributed by atoms with van der Waals surface area (Å²) < 4.78 is 1.92. The summed E-state index contributed by atoms with van der Waals surface area (Å²) in [4.78, 5) is 42.5. The van der Waals surface area contributed by atoms with Crippen molar-refractivity contribution in [2.75, 3.05) is 39.0 Å². The SMILES string of the molecule is C=C/C=C\c1[nH]c(=O)n(C2CCN(Cc3ccc(-c4nc5ccc(NC(=O)CN(C)C)cc5nc4-c4ccccc4)cc3)CC2)c1C. The minimum atomic E-state index is -0.0796. The minimum Gasteiger partial charge on any atom is -0.325 e. The second kappa shape index (κ2) is 14.1. The van der Waals surface area contributed by atoms with Gasteiger partial charge in [-0.2, -0.15) is 0 Å². The van der Waals surface area contributed by atoms with Gasteiger partial charge in [0.1, 0.15) is 0 Å². The number of H-pyrrole nitrogens is 1. The number of hydrogen-bond acceptors (Lipinski definition) is 6. The van der Waals surface area contributed by atoms with Crippen molar-refractivity contribution >= 4 is 28.7 Å². The van der Waals surface area contributed by atoms with Crippen LogP contribution in [0.3, 0.4) is 0 Å². The van der Waals surface area contributed by atoms with Gasteiger partial charge in [0.15, 0.2) is 0 Å². The van der Waals surface area contributed by atoms with Crippen LogP contribution >= 0.6 is 0 Å². The topological polar surface area (TPSA) is 99.2 Å². The van der Waals surface area contributed by atoms with Crippen molar-refractivity contribution in [2.45, 2.75) is 32.4 Å². The van der Waals surface area contributed by atoms with Gasteiger partial charge in [0.05, 0.1) is 34.7 Å². The summed E-state index contributed by atoms with van der Waals surface area (Å²) in [6.45, 7) is 8.72. The molecule has 5 aromatic rings. The molecular weight excluding hydrogens is 586 g/mol. The summed E-state index contributed by atoms with van der Waals surface area (Å²) in [5, 5.41) is 2.96. The second-order valence-corrected chi connectivity index (χ2v) is 12.4. The number of nitrogens with one attached hydrogen (secondary N) is 2. The van der Waals surface area contributed by atoms with Crippen molar-refractivity contribution in [2.24, 2.45) is 0 Å². The number of anilines is 1. The first-order valence-electron chi connectivity index (χ1n) is 16.0. The number of hydrogen-bond donors (Lipinski definition) is 2. The molecule has 0 aliphatic carbocycles. The van der Waals surface area contributed by atoms with Crippen LogP contribution in [-0.4, -0.2) is 69.0 Å². The summed E-state index contributed by atoms with van der Waals surface area (Å²) in [7, 11) is 3.73. The van der Waals surface area contributed by atoms with Crippen LogP contribution in [0.15, 0.2) is 96.3 Å². The first kappa shape index (κ1) is 31.8. The third-order valence-electron chi connectivity index (χ3n) is 8.62. The predicted octanol–water partition coefficient (Wildman–Crippen LogP) is 6.30. The van der Waals surface area contributed by atoms with E-state index in [0.717, 1.165) is 77.4 Å². The standard InChI is InChI=1S/C38H41N7O2/c1-5-6-12-32-26(2)45(38(47)42-32)31-19-21-44(22-20-31)24-27-13-15-29(16-14-27)37-36(28-10-8-7-9-11-28)41-34-23-30(17-18-33(34)40-37)39-35(46)25-43(3)4/h5-18,23,31H,1,19-22,24-25H2,2-4H3,(H,39,46)(H,42,47)/b12-6-. The minimum absolute atomic E-state index is 0.0425. The molecule has 9 nitrogen and oxygen atoms in total. The first-order chi connectivity index (χ1) is 22.8. The molecule has 0 unspecified atom stereocenters. The first-order valence-corrected chi connectivity index (χ1v) is 16.0.